The van der Waals surface area contributed by atoms with Gasteiger partial charge in [0.15, 0.2) is 0 Å². The summed E-state index contributed by atoms with van der Waals surface area (Å²) in [5.74, 6) is 0.619. The molecule has 0 bridgehead atoms. The first-order valence-electron chi connectivity index (χ1n) is 8.55. The molecular formula is C20H36N2. The summed E-state index contributed by atoms with van der Waals surface area (Å²) in [4.78, 5) is 0. The van der Waals surface area contributed by atoms with Crippen LogP contribution >= 0.6 is 0 Å². The smallest absolute Gasteiger partial charge is 0.0450 e. The van der Waals surface area contributed by atoms with E-state index in [0.29, 0.717) is 12.5 Å². The molecule has 22 heavy (non-hydrogen) atoms. The van der Waals surface area contributed by atoms with Gasteiger partial charge in [-0.2, -0.15) is 0 Å². The third kappa shape index (κ3) is 4.82. The molecule has 0 fully saturated rings. The molecule has 0 amide bonds. The predicted octanol–water partition coefficient (Wildman–Crippen LogP) is 4.53. The summed E-state index contributed by atoms with van der Waals surface area (Å²) in [7, 11) is 0. The molecule has 1 atom stereocenters. The first-order valence-corrected chi connectivity index (χ1v) is 8.55. The molecule has 2 heteroatoms. The number of benzene rings is 1. The average molecular weight is 305 g/mol. The van der Waals surface area contributed by atoms with E-state index in [-0.39, 0.29) is 16.9 Å². The molecule has 0 saturated carbocycles. The van der Waals surface area contributed by atoms with Crippen molar-refractivity contribution in [1.29, 1.82) is 0 Å². The number of nitrogens with two attached hydrogens (primary N) is 1. The highest BCUT2D eigenvalue weighted by Crippen LogP contribution is 2.37. The maximum absolute atomic E-state index is 6.15. The SMILES string of the molecule is CC(C)CNC(CN)c1c(C(C)(C)C)cccc1C(C)(C)C. The molecule has 0 aliphatic carbocycles. The van der Waals surface area contributed by atoms with Crippen LogP contribution in [-0.2, 0) is 10.8 Å². The molecule has 0 spiro atoms. The Morgan fingerprint density at radius 1 is 0.955 bits per heavy atom. The monoisotopic (exact) mass is 304 g/mol. The molecule has 126 valence electrons. The van der Waals surface area contributed by atoms with Crippen LogP contribution in [0, 0.1) is 5.92 Å². The van der Waals surface area contributed by atoms with E-state index in [9.17, 15) is 0 Å². The van der Waals surface area contributed by atoms with Crippen LogP contribution in [0.2, 0.25) is 0 Å². The van der Waals surface area contributed by atoms with E-state index in [1.54, 1.807) is 0 Å². The minimum atomic E-state index is 0.115. The summed E-state index contributed by atoms with van der Waals surface area (Å²) in [5.41, 5.74) is 10.6. The van der Waals surface area contributed by atoms with E-state index in [4.69, 9.17) is 5.73 Å². The van der Waals surface area contributed by atoms with Gasteiger partial charge in [-0.05, 0) is 40.0 Å². The van der Waals surface area contributed by atoms with E-state index >= 15 is 0 Å². The van der Waals surface area contributed by atoms with Crippen molar-refractivity contribution in [2.75, 3.05) is 13.1 Å². The lowest BCUT2D eigenvalue weighted by Crippen LogP contribution is -2.35. The summed E-state index contributed by atoms with van der Waals surface area (Å²) in [5, 5.41) is 3.69. The van der Waals surface area contributed by atoms with Gasteiger partial charge in [-0.25, -0.2) is 0 Å². The first kappa shape index (κ1) is 19.2. The minimum absolute atomic E-state index is 0.115. The van der Waals surface area contributed by atoms with Gasteiger partial charge in [0, 0.05) is 12.6 Å². The van der Waals surface area contributed by atoms with Gasteiger partial charge in [-0.3, -0.25) is 0 Å². The first-order chi connectivity index (χ1) is 9.98. The fourth-order valence-electron chi connectivity index (χ4n) is 2.93. The lowest BCUT2D eigenvalue weighted by molar-refractivity contribution is 0.456. The van der Waals surface area contributed by atoms with E-state index in [1.165, 1.54) is 16.7 Å². The highest BCUT2D eigenvalue weighted by atomic mass is 14.9. The predicted molar refractivity (Wildman–Crippen MR) is 98.5 cm³/mol. The second-order valence-electron chi connectivity index (χ2n) is 8.86. The highest BCUT2D eigenvalue weighted by Gasteiger charge is 2.28. The van der Waals surface area contributed by atoms with Crippen molar-refractivity contribution in [1.82, 2.24) is 5.32 Å². The summed E-state index contributed by atoms with van der Waals surface area (Å²) in [6, 6.07) is 6.95. The number of nitrogens with one attached hydrogen (secondary N) is 1. The van der Waals surface area contributed by atoms with Gasteiger partial charge in [0.1, 0.15) is 0 Å². The Morgan fingerprint density at radius 2 is 1.41 bits per heavy atom. The molecule has 0 aromatic heterocycles. The van der Waals surface area contributed by atoms with Gasteiger partial charge < -0.3 is 11.1 Å². The standard InChI is InChI=1S/C20H36N2/c1-14(2)13-22-17(12-21)18-15(19(3,4)5)10-9-11-16(18)20(6,7)8/h9-11,14,17,22H,12-13,21H2,1-8H3. The Hall–Kier alpha value is -0.860. The normalized spacial score (nSPS) is 14.5. The maximum atomic E-state index is 6.15. The van der Waals surface area contributed by atoms with E-state index in [1.807, 2.05) is 0 Å². The van der Waals surface area contributed by atoms with Gasteiger partial charge in [0.05, 0.1) is 0 Å². The Labute approximate surface area is 137 Å². The van der Waals surface area contributed by atoms with Gasteiger partial charge >= 0.3 is 0 Å². The van der Waals surface area contributed by atoms with Crippen LogP contribution in [0.1, 0.15) is 78.1 Å². The minimum Gasteiger partial charge on any atom is -0.329 e. The van der Waals surface area contributed by atoms with Gasteiger partial charge in [0.25, 0.3) is 0 Å². The molecule has 1 rings (SSSR count). The van der Waals surface area contributed by atoms with Gasteiger partial charge in [-0.15, -0.1) is 0 Å². The quantitative estimate of drug-likeness (QED) is 0.839. The fourth-order valence-corrected chi connectivity index (χ4v) is 2.93. The van der Waals surface area contributed by atoms with Crippen molar-refractivity contribution in [3.8, 4) is 0 Å². The Balaban J connectivity index is 3.44. The fraction of sp³-hybridized carbons (Fsp3) is 0.700. The maximum Gasteiger partial charge on any atom is 0.0450 e. The molecule has 0 heterocycles. The van der Waals surface area contributed by atoms with Crippen molar-refractivity contribution < 1.29 is 0 Å². The van der Waals surface area contributed by atoms with Crippen molar-refractivity contribution in [2.45, 2.75) is 72.3 Å². The summed E-state index contributed by atoms with van der Waals surface area (Å²) < 4.78 is 0. The Morgan fingerprint density at radius 3 is 1.73 bits per heavy atom. The zero-order valence-corrected chi connectivity index (χ0v) is 15.9. The zero-order chi connectivity index (χ0) is 17.1. The molecule has 0 aliphatic heterocycles. The molecule has 0 saturated heterocycles. The zero-order valence-electron chi connectivity index (χ0n) is 15.9. The summed E-state index contributed by atoms with van der Waals surface area (Å²) >= 11 is 0. The lowest BCUT2D eigenvalue weighted by Gasteiger charge is -2.34. The van der Waals surface area contributed by atoms with Crippen LogP contribution in [0.15, 0.2) is 18.2 Å². The van der Waals surface area contributed by atoms with Crippen LogP contribution in [0.4, 0.5) is 0 Å². The largest absolute Gasteiger partial charge is 0.329 e. The molecule has 2 nitrogen and oxygen atoms in total. The summed E-state index contributed by atoms with van der Waals surface area (Å²) in [6.07, 6.45) is 0. The topological polar surface area (TPSA) is 38.0 Å². The molecule has 0 radical (unpaired) electrons. The van der Waals surface area contributed by atoms with Gasteiger partial charge in [0.2, 0.25) is 0 Å². The molecule has 0 aliphatic rings. The van der Waals surface area contributed by atoms with Crippen LogP contribution in [0.5, 0.6) is 0 Å². The van der Waals surface area contributed by atoms with E-state index in [2.05, 4.69) is 78.9 Å². The van der Waals surface area contributed by atoms with Crippen molar-refractivity contribution in [3.05, 3.63) is 34.9 Å². The van der Waals surface area contributed by atoms with Crippen LogP contribution in [-0.4, -0.2) is 13.1 Å². The third-order valence-corrected chi connectivity index (χ3v) is 4.08. The molecule has 1 aromatic rings. The second kappa shape index (κ2) is 7.14. The molecule has 3 N–H and O–H groups in total. The number of hydrogen-bond acceptors (Lipinski definition) is 2. The van der Waals surface area contributed by atoms with E-state index < -0.39 is 0 Å². The number of rotatable bonds is 5. The second-order valence-corrected chi connectivity index (χ2v) is 8.86. The van der Waals surface area contributed by atoms with Crippen molar-refractivity contribution in [2.24, 2.45) is 11.7 Å². The summed E-state index contributed by atoms with van der Waals surface area (Å²) in [6.45, 7) is 19.8. The van der Waals surface area contributed by atoms with E-state index in [0.717, 1.165) is 6.54 Å². The van der Waals surface area contributed by atoms with Crippen molar-refractivity contribution >= 4 is 0 Å². The highest BCUT2D eigenvalue weighted by molar-refractivity contribution is 5.45. The average Bonchev–Trinajstić information content (AvgIpc) is 2.36. The molecule has 1 aromatic carbocycles. The van der Waals surface area contributed by atoms with Gasteiger partial charge in [-0.1, -0.05) is 73.6 Å². The Kier molecular flexibility index (Phi) is 6.23. The lowest BCUT2D eigenvalue weighted by atomic mass is 9.74. The van der Waals surface area contributed by atoms with Crippen LogP contribution in [0.3, 0.4) is 0 Å². The van der Waals surface area contributed by atoms with Crippen LogP contribution in [0.25, 0.3) is 0 Å². The van der Waals surface area contributed by atoms with Crippen LogP contribution < -0.4 is 11.1 Å². The molecule has 1 unspecified atom stereocenters. The molecular weight excluding hydrogens is 268 g/mol. The third-order valence-electron chi connectivity index (χ3n) is 4.08. The van der Waals surface area contributed by atoms with Crippen molar-refractivity contribution in [3.63, 3.8) is 0 Å². The number of hydrogen-bond donors (Lipinski definition) is 2. The Bertz CT molecular complexity index is 443.